The minimum atomic E-state index is 0.0254. The first-order valence-electron chi connectivity index (χ1n) is 7.56. The first-order valence-corrected chi connectivity index (χ1v) is 9.36. The Labute approximate surface area is 138 Å². The van der Waals surface area contributed by atoms with Gasteiger partial charge in [-0.1, -0.05) is 18.2 Å². The van der Waals surface area contributed by atoms with Crippen molar-refractivity contribution in [2.45, 2.75) is 29.6 Å². The number of amides is 1. The summed E-state index contributed by atoms with van der Waals surface area (Å²) in [7, 11) is 0. The van der Waals surface area contributed by atoms with E-state index in [0.29, 0.717) is 6.54 Å². The molecule has 1 atom stereocenters. The molecule has 0 spiro atoms. The Bertz CT molecular complexity index is 704. The van der Waals surface area contributed by atoms with Crippen molar-refractivity contribution < 1.29 is 9.53 Å². The summed E-state index contributed by atoms with van der Waals surface area (Å²) in [6.45, 7) is 1.44. The Morgan fingerprint density at radius 1 is 1.36 bits per heavy atom. The average molecular weight is 331 g/mol. The van der Waals surface area contributed by atoms with Gasteiger partial charge in [-0.15, -0.1) is 23.1 Å². The molecule has 1 amide bonds. The molecule has 1 N–H and O–H groups in total. The number of carbonyl (C=O) groups excluding carboxylic acids is 1. The van der Waals surface area contributed by atoms with Crippen molar-refractivity contribution in [3.63, 3.8) is 0 Å². The number of thiophene rings is 1. The summed E-state index contributed by atoms with van der Waals surface area (Å²) in [5, 5.41) is 3.01. The predicted octanol–water partition coefficient (Wildman–Crippen LogP) is 3.93. The third-order valence-corrected chi connectivity index (χ3v) is 6.39. The number of thioether (sulfide) groups is 1. The van der Waals surface area contributed by atoms with E-state index in [4.69, 9.17) is 4.74 Å². The second-order valence-electron chi connectivity index (χ2n) is 5.59. The molecule has 2 aromatic rings. The summed E-state index contributed by atoms with van der Waals surface area (Å²) in [5.74, 6) is 0.972. The number of fused-ring (bicyclic) bond motifs is 3. The third kappa shape index (κ3) is 2.69. The quantitative estimate of drug-likeness (QED) is 0.926. The van der Waals surface area contributed by atoms with Gasteiger partial charge in [0.2, 0.25) is 0 Å². The molecule has 4 rings (SSSR count). The van der Waals surface area contributed by atoms with Gasteiger partial charge in [-0.3, -0.25) is 4.79 Å². The van der Waals surface area contributed by atoms with Crippen molar-refractivity contribution >= 4 is 29.0 Å². The largest absolute Gasteiger partial charge is 0.376 e. The van der Waals surface area contributed by atoms with Crippen LogP contribution in [0.15, 0.2) is 35.2 Å². The number of hydrogen-bond acceptors (Lipinski definition) is 4. The van der Waals surface area contributed by atoms with Gasteiger partial charge in [0.25, 0.3) is 5.91 Å². The molecule has 2 aliphatic heterocycles. The molecule has 1 aromatic heterocycles. The van der Waals surface area contributed by atoms with Crippen molar-refractivity contribution in [2.75, 3.05) is 13.2 Å². The van der Waals surface area contributed by atoms with Gasteiger partial charge in [0.05, 0.1) is 11.0 Å². The minimum Gasteiger partial charge on any atom is -0.376 e. The van der Waals surface area contributed by atoms with E-state index in [0.717, 1.165) is 30.1 Å². The summed E-state index contributed by atoms with van der Waals surface area (Å²) in [6, 6.07) is 10.5. The lowest BCUT2D eigenvalue weighted by Gasteiger charge is -2.14. The standard InChI is InChI=1S/C17H17NO2S2/c19-17(18-9-12-4-3-7-20-12)15-8-11-10-21-14-6-2-1-5-13(14)16(11)22-15/h1-2,5-6,8,12H,3-4,7,9-10H2,(H,18,19). The Kier molecular flexibility index (Phi) is 3.94. The molecule has 0 aliphatic carbocycles. The molecule has 1 saturated heterocycles. The number of hydrogen-bond donors (Lipinski definition) is 1. The van der Waals surface area contributed by atoms with Crippen LogP contribution < -0.4 is 5.32 Å². The minimum absolute atomic E-state index is 0.0254. The summed E-state index contributed by atoms with van der Waals surface area (Å²) in [4.78, 5) is 15.7. The molecule has 1 aromatic carbocycles. The highest BCUT2D eigenvalue weighted by Gasteiger charge is 2.22. The SMILES string of the molecule is O=C(NCC1CCCO1)c1cc2c(s1)-c1ccccc1SC2. The number of benzene rings is 1. The van der Waals surface area contributed by atoms with Crippen molar-refractivity contribution in [1.82, 2.24) is 5.32 Å². The van der Waals surface area contributed by atoms with Crippen LogP contribution >= 0.6 is 23.1 Å². The predicted molar refractivity (Wildman–Crippen MR) is 90.6 cm³/mol. The molecule has 1 unspecified atom stereocenters. The Balaban J connectivity index is 1.52. The van der Waals surface area contributed by atoms with Crippen LogP contribution in [0.1, 0.15) is 28.1 Å². The first kappa shape index (κ1) is 14.3. The van der Waals surface area contributed by atoms with Crippen LogP contribution in [0.25, 0.3) is 10.4 Å². The van der Waals surface area contributed by atoms with Gasteiger partial charge in [0.15, 0.2) is 0 Å². The van der Waals surface area contributed by atoms with E-state index in [1.807, 2.05) is 17.8 Å². The summed E-state index contributed by atoms with van der Waals surface area (Å²) in [6.07, 6.45) is 2.34. The average Bonchev–Trinajstić information content (AvgIpc) is 3.21. The lowest BCUT2D eigenvalue weighted by molar-refractivity contribution is 0.0861. The molecule has 2 aliphatic rings. The van der Waals surface area contributed by atoms with Gasteiger partial charge in [0, 0.05) is 34.2 Å². The number of ether oxygens (including phenoxy) is 1. The van der Waals surface area contributed by atoms with Gasteiger partial charge in [-0.2, -0.15) is 0 Å². The topological polar surface area (TPSA) is 38.3 Å². The summed E-state index contributed by atoms with van der Waals surface area (Å²) >= 11 is 3.45. The zero-order valence-electron chi connectivity index (χ0n) is 12.1. The normalized spacial score (nSPS) is 19.5. The molecule has 1 fully saturated rings. The smallest absolute Gasteiger partial charge is 0.261 e. The van der Waals surface area contributed by atoms with Gasteiger partial charge >= 0.3 is 0 Å². The van der Waals surface area contributed by atoms with Crippen LogP contribution in [0.4, 0.5) is 0 Å². The fourth-order valence-electron chi connectivity index (χ4n) is 2.91. The zero-order valence-corrected chi connectivity index (χ0v) is 13.8. The van der Waals surface area contributed by atoms with Crippen LogP contribution in [-0.4, -0.2) is 25.2 Å². The molecule has 114 valence electrons. The molecular formula is C17H17NO2S2. The monoisotopic (exact) mass is 331 g/mol. The van der Waals surface area contributed by atoms with Gasteiger partial charge in [0.1, 0.15) is 0 Å². The van der Waals surface area contributed by atoms with E-state index >= 15 is 0 Å². The Morgan fingerprint density at radius 2 is 2.27 bits per heavy atom. The van der Waals surface area contributed by atoms with Crippen LogP contribution in [0, 0.1) is 0 Å². The van der Waals surface area contributed by atoms with Gasteiger partial charge in [-0.05, 0) is 30.5 Å². The van der Waals surface area contributed by atoms with E-state index < -0.39 is 0 Å². The Morgan fingerprint density at radius 3 is 3.14 bits per heavy atom. The number of rotatable bonds is 3. The molecular weight excluding hydrogens is 314 g/mol. The molecule has 5 heteroatoms. The van der Waals surface area contributed by atoms with Gasteiger partial charge < -0.3 is 10.1 Å². The van der Waals surface area contributed by atoms with E-state index in [-0.39, 0.29) is 12.0 Å². The molecule has 22 heavy (non-hydrogen) atoms. The van der Waals surface area contributed by atoms with E-state index in [1.54, 1.807) is 11.3 Å². The van der Waals surface area contributed by atoms with E-state index in [2.05, 4.69) is 29.6 Å². The van der Waals surface area contributed by atoms with Crippen LogP contribution in [-0.2, 0) is 10.5 Å². The number of carbonyl (C=O) groups is 1. The maximum Gasteiger partial charge on any atom is 0.261 e. The molecule has 0 bridgehead atoms. The maximum atomic E-state index is 12.4. The van der Waals surface area contributed by atoms with Crippen molar-refractivity contribution in [3.8, 4) is 10.4 Å². The highest BCUT2D eigenvalue weighted by atomic mass is 32.2. The van der Waals surface area contributed by atoms with Crippen molar-refractivity contribution in [3.05, 3.63) is 40.8 Å². The zero-order chi connectivity index (χ0) is 14.9. The summed E-state index contributed by atoms with van der Waals surface area (Å²) < 4.78 is 5.55. The van der Waals surface area contributed by atoms with E-state index in [9.17, 15) is 4.79 Å². The van der Waals surface area contributed by atoms with Crippen molar-refractivity contribution in [1.29, 1.82) is 0 Å². The molecule has 0 radical (unpaired) electrons. The lowest BCUT2D eigenvalue weighted by atomic mass is 10.1. The fraction of sp³-hybridized carbons (Fsp3) is 0.353. The van der Waals surface area contributed by atoms with Crippen LogP contribution in [0.2, 0.25) is 0 Å². The second-order valence-corrected chi connectivity index (χ2v) is 7.66. The molecule has 3 heterocycles. The highest BCUT2D eigenvalue weighted by Crippen LogP contribution is 2.45. The Hall–Kier alpha value is -1.30. The highest BCUT2D eigenvalue weighted by molar-refractivity contribution is 7.98. The maximum absolute atomic E-state index is 12.4. The molecule has 3 nitrogen and oxygen atoms in total. The summed E-state index contributed by atoms with van der Waals surface area (Å²) in [5.41, 5.74) is 2.54. The van der Waals surface area contributed by atoms with Crippen molar-refractivity contribution in [2.24, 2.45) is 0 Å². The molecule has 0 saturated carbocycles. The van der Waals surface area contributed by atoms with Crippen LogP contribution in [0.5, 0.6) is 0 Å². The third-order valence-electron chi connectivity index (χ3n) is 4.06. The first-order chi connectivity index (χ1) is 10.8. The van der Waals surface area contributed by atoms with Gasteiger partial charge in [-0.25, -0.2) is 0 Å². The van der Waals surface area contributed by atoms with E-state index in [1.165, 1.54) is 20.9 Å². The van der Waals surface area contributed by atoms with Crippen LogP contribution in [0.3, 0.4) is 0 Å². The second kappa shape index (κ2) is 6.07. The number of nitrogens with one attached hydrogen (secondary N) is 1. The lowest BCUT2D eigenvalue weighted by Crippen LogP contribution is -2.31. The fourth-order valence-corrected chi connectivity index (χ4v) is 5.24.